The second-order valence-electron chi connectivity index (χ2n) is 9.63. The van der Waals surface area contributed by atoms with Crippen LogP contribution >= 0.6 is 11.6 Å². The van der Waals surface area contributed by atoms with Crippen molar-refractivity contribution in [2.24, 2.45) is 0 Å². The number of fused-ring (bicyclic) bond motifs is 5. The molecule has 1 amide bonds. The van der Waals surface area contributed by atoms with E-state index in [1.165, 1.54) is 6.07 Å². The highest BCUT2D eigenvalue weighted by Crippen LogP contribution is 2.55. The molecule has 188 valence electrons. The van der Waals surface area contributed by atoms with Gasteiger partial charge in [0.1, 0.15) is 11.6 Å². The van der Waals surface area contributed by atoms with Crippen molar-refractivity contribution in [3.05, 3.63) is 52.8 Å². The smallest absolute Gasteiger partial charge is 0.387 e. The SMILES string of the molecule is O=C(CN1C2COCC1COC2)N1c2cccc(OC(F)F)c2[C@H]2C[C@@H]1c1nc3ccc(Cl)cc3n12. The molecule has 4 aliphatic heterocycles. The quantitative estimate of drug-likeness (QED) is 0.526. The van der Waals surface area contributed by atoms with E-state index >= 15 is 0 Å². The van der Waals surface area contributed by atoms with Crippen LogP contribution in [0, 0.1) is 0 Å². The van der Waals surface area contributed by atoms with Crippen LogP contribution in [0.15, 0.2) is 36.4 Å². The standard InChI is InChI=1S/C25H23ClF2N4O4/c26-13-4-5-16-18(6-13)32-19-7-20(24(32)29-16)31(17-2-1-3-21(23(17)19)36-25(27)28)22(33)8-30-14-9-34-11-15(30)12-35-10-14/h1-6,14-15,19-20,25H,7-12H2/t14?,15?,19-,20-/m1/s1. The van der Waals surface area contributed by atoms with E-state index in [0.717, 1.165) is 16.9 Å². The largest absolute Gasteiger partial charge is 0.434 e. The number of carbonyl (C=O) groups excluding carboxylic acids is 1. The van der Waals surface area contributed by atoms with E-state index in [9.17, 15) is 13.6 Å². The highest BCUT2D eigenvalue weighted by molar-refractivity contribution is 6.31. The van der Waals surface area contributed by atoms with Gasteiger partial charge in [-0.15, -0.1) is 0 Å². The lowest BCUT2D eigenvalue weighted by Crippen LogP contribution is -2.61. The van der Waals surface area contributed by atoms with Gasteiger partial charge >= 0.3 is 6.61 Å². The topological polar surface area (TPSA) is 69.1 Å². The molecule has 2 fully saturated rings. The van der Waals surface area contributed by atoms with Gasteiger partial charge in [0.2, 0.25) is 5.91 Å². The van der Waals surface area contributed by atoms with Crippen LogP contribution in [-0.4, -0.2) is 72.0 Å². The number of halogens is 3. The summed E-state index contributed by atoms with van der Waals surface area (Å²) in [6, 6.07) is 9.77. The molecule has 2 saturated heterocycles. The lowest BCUT2D eigenvalue weighted by molar-refractivity contribution is -0.147. The fourth-order valence-corrected chi connectivity index (χ4v) is 6.40. The monoisotopic (exact) mass is 516 g/mol. The van der Waals surface area contributed by atoms with Crippen LogP contribution in [0.3, 0.4) is 0 Å². The van der Waals surface area contributed by atoms with E-state index in [1.807, 2.05) is 16.7 Å². The Balaban J connectivity index is 1.35. The van der Waals surface area contributed by atoms with Gasteiger partial charge in [-0.05, 0) is 30.3 Å². The summed E-state index contributed by atoms with van der Waals surface area (Å²) in [6.07, 6.45) is 0.520. The average Bonchev–Trinajstić information content (AvgIpc) is 3.34. The zero-order valence-electron chi connectivity index (χ0n) is 19.1. The number of ether oxygens (including phenoxy) is 3. The molecule has 5 heterocycles. The number of hydrogen-bond donors (Lipinski definition) is 0. The summed E-state index contributed by atoms with van der Waals surface area (Å²) in [4.78, 5) is 22.7. The molecular formula is C25H23ClF2N4O4. The molecule has 0 N–H and O–H groups in total. The maximum Gasteiger partial charge on any atom is 0.387 e. The van der Waals surface area contributed by atoms with E-state index in [4.69, 9.17) is 30.8 Å². The predicted molar refractivity (Wildman–Crippen MR) is 127 cm³/mol. The minimum absolute atomic E-state index is 0.00209. The van der Waals surface area contributed by atoms with E-state index in [1.54, 1.807) is 23.1 Å². The molecule has 3 aromatic rings. The summed E-state index contributed by atoms with van der Waals surface area (Å²) in [5.41, 5.74) is 2.68. The van der Waals surface area contributed by atoms with Crippen LogP contribution < -0.4 is 9.64 Å². The molecule has 4 bridgehead atoms. The maximum absolute atomic E-state index is 14.0. The van der Waals surface area contributed by atoms with Gasteiger partial charge in [-0.25, -0.2) is 4.98 Å². The van der Waals surface area contributed by atoms with E-state index < -0.39 is 6.61 Å². The summed E-state index contributed by atoms with van der Waals surface area (Å²) in [6.45, 7) is -0.775. The third-order valence-electron chi connectivity index (χ3n) is 7.66. The van der Waals surface area contributed by atoms with Gasteiger partial charge in [-0.1, -0.05) is 17.7 Å². The van der Waals surface area contributed by atoms with Crippen molar-refractivity contribution >= 4 is 34.2 Å². The fraction of sp³-hybridized carbons (Fsp3) is 0.440. The molecule has 4 aliphatic rings. The minimum atomic E-state index is -2.99. The van der Waals surface area contributed by atoms with Crippen LogP contribution in [0.1, 0.15) is 29.9 Å². The molecule has 1 aromatic heterocycles. The number of rotatable bonds is 4. The molecule has 2 aromatic carbocycles. The zero-order chi connectivity index (χ0) is 24.6. The van der Waals surface area contributed by atoms with Crippen molar-refractivity contribution < 1.29 is 27.8 Å². The van der Waals surface area contributed by atoms with Crippen LogP contribution in [-0.2, 0) is 14.3 Å². The molecule has 11 heteroatoms. The molecule has 0 radical (unpaired) electrons. The second kappa shape index (κ2) is 8.37. The number of hydrogen-bond acceptors (Lipinski definition) is 6. The number of imidazole rings is 1. The maximum atomic E-state index is 14.0. The highest BCUT2D eigenvalue weighted by Gasteiger charge is 2.49. The average molecular weight is 517 g/mol. The first-order valence-corrected chi connectivity index (χ1v) is 12.4. The first-order valence-electron chi connectivity index (χ1n) is 12.0. The second-order valence-corrected chi connectivity index (χ2v) is 10.1. The first-order chi connectivity index (χ1) is 17.5. The van der Waals surface area contributed by atoms with Gasteiger partial charge in [0.25, 0.3) is 0 Å². The lowest BCUT2D eigenvalue weighted by Gasteiger charge is -2.46. The molecule has 36 heavy (non-hydrogen) atoms. The Morgan fingerprint density at radius 1 is 1.11 bits per heavy atom. The van der Waals surface area contributed by atoms with Crippen molar-refractivity contribution in [3.8, 4) is 5.75 Å². The van der Waals surface area contributed by atoms with Gasteiger partial charge in [-0.3, -0.25) is 9.69 Å². The van der Waals surface area contributed by atoms with Crippen LogP contribution in [0.25, 0.3) is 11.0 Å². The van der Waals surface area contributed by atoms with Crippen LogP contribution in [0.4, 0.5) is 14.5 Å². The van der Waals surface area contributed by atoms with Crippen LogP contribution in [0.2, 0.25) is 5.02 Å². The normalized spacial score (nSPS) is 26.8. The Kier molecular flexibility index (Phi) is 5.21. The van der Waals surface area contributed by atoms with Gasteiger partial charge in [0, 0.05) is 17.0 Å². The van der Waals surface area contributed by atoms with Crippen LogP contribution in [0.5, 0.6) is 5.75 Å². The van der Waals surface area contributed by atoms with Crippen molar-refractivity contribution in [2.75, 3.05) is 37.9 Å². The van der Waals surface area contributed by atoms with Gasteiger partial charge in [0.05, 0.1) is 73.9 Å². The molecular weight excluding hydrogens is 494 g/mol. The Hall–Kier alpha value is -2.79. The predicted octanol–water partition coefficient (Wildman–Crippen LogP) is 3.77. The zero-order valence-corrected chi connectivity index (χ0v) is 19.9. The summed E-state index contributed by atoms with van der Waals surface area (Å²) in [7, 11) is 0. The number of aromatic nitrogens is 2. The summed E-state index contributed by atoms with van der Waals surface area (Å²) in [5, 5.41) is 0.554. The summed E-state index contributed by atoms with van der Waals surface area (Å²) < 4.78 is 45.1. The van der Waals surface area contributed by atoms with Crippen molar-refractivity contribution in [3.63, 3.8) is 0 Å². The Labute approximate surface area is 210 Å². The number of amides is 1. The lowest BCUT2D eigenvalue weighted by atomic mass is 9.92. The molecule has 0 unspecified atom stereocenters. The molecule has 0 spiro atoms. The van der Waals surface area contributed by atoms with Gasteiger partial charge in [-0.2, -0.15) is 8.78 Å². The van der Waals surface area contributed by atoms with Gasteiger partial charge < -0.3 is 23.7 Å². The number of anilines is 1. The van der Waals surface area contributed by atoms with Crippen molar-refractivity contribution in [2.45, 2.75) is 37.2 Å². The summed E-state index contributed by atoms with van der Waals surface area (Å²) >= 11 is 6.30. The number of morpholine rings is 2. The molecule has 8 nitrogen and oxygen atoms in total. The first kappa shape index (κ1) is 22.4. The molecule has 0 saturated carbocycles. The summed E-state index contributed by atoms with van der Waals surface area (Å²) in [5.74, 6) is 0.665. The third kappa shape index (κ3) is 3.35. The Morgan fingerprint density at radius 2 is 1.86 bits per heavy atom. The number of benzene rings is 2. The molecule has 7 rings (SSSR count). The third-order valence-corrected chi connectivity index (χ3v) is 7.90. The Bertz CT molecular complexity index is 1350. The van der Waals surface area contributed by atoms with E-state index in [0.29, 0.717) is 49.1 Å². The molecule has 0 aliphatic carbocycles. The number of nitrogens with zero attached hydrogens (tertiary/aromatic N) is 4. The van der Waals surface area contributed by atoms with E-state index in [-0.39, 0.29) is 42.4 Å². The Morgan fingerprint density at radius 3 is 2.58 bits per heavy atom. The number of alkyl halides is 2. The minimum Gasteiger partial charge on any atom is -0.434 e. The van der Waals surface area contributed by atoms with E-state index in [2.05, 4.69) is 4.90 Å². The van der Waals surface area contributed by atoms with Crippen molar-refractivity contribution in [1.82, 2.24) is 14.5 Å². The van der Waals surface area contributed by atoms with Crippen molar-refractivity contribution in [1.29, 1.82) is 0 Å². The van der Waals surface area contributed by atoms with Gasteiger partial charge in [0.15, 0.2) is 0 Å². The molecule has 2 atom stereocenters. The highest BCUT2D eigenvalue weighted by atomic mass is 35.5. The number of carbonyl (C=O) groups is 1. The fourth-order valence-electron chi connectivity index (χ4n) is 6.24.